The van der Waals surface area contributed by atoms with Gasteiger partial charge in [-0.1, -0.05) is 28.1 Å². The highest BCUT2D eigenvalue weighted by Gasteiger charge is 2.17. The van der Waals surface area contributed by atoms with E-state index in [2.05, 4.69) is 28.1 Å². The van der Waals surface area contributed by atoms with E-state index in [1.807, 2.05) is 24.3 Å². The molecule has 1 aliphatic heterocycles. The van der Waals surface area contributed by atoms with Gasteiger partial charge in [-0.2, -0.15) is 0 Å². The molecule has 20 heavy (non-hydrogen) atoms. The van der Waals surface area contributed by atoms with Gasteiger partial charge in [-0.15, -0.1) is 11.6 Å². The van der Waals surface area contributed by atoms with Crippen molar-refractivity contribution >= 4 is 27.5 Å². The largest absolute Gasteiger partial charge is 0.493 e. The Bertz CT molecular complexity index is 628. The fraction of sp³-hybridized carbons (Fsp3) is 0.250. The van der Waals surface area contributed by atoms with Crippen LogP contribution >= 0.6 is 27.5 Å². The van der Waals surface area contributed by atoms with E-state index < -0.39 is 0 Å². The van der Waals surface area contributed by atoms with E-state index >= 15 is 0 Å². The molecule has 1 heterocycles. The molecule has 2 aromatic carbocycles. The molecular weight excluding hydrogens is 340 g/mol. The smallest absolute Gasteiger partial charge is 0.129 e. The Morgan fingerprint density at radius 2 is 2.15 bits per heavy atom. The van der Waals surface area contributed by atoms with Gasteiger partial charge in [-0.25, -0.2) is 0 Å². The molecule has 0 atom stereocenters. The average Bonchev–Trinajstić information content (AvgIpc) is 2.93. The number of benzene rings is 2. The van der Waals surface area contributed by atoms with Crippen molar-refractivity contribution in [3.05, 3.63) is 57.6 Å². The lowest BCUT2D eigenvalue weighted by Crippen LogP contribution is -1.99. The number of fused-ring (bicyclic) bond motifs is 1. The monoisotopic (exact) mass is 352 g/mol. The van der Waals surface area contributed by atoms with E-state index in [-0.39, 0.29) is 0 Å². The van der Waals surface area contributed by atoms with Gasteiger partial charge < -0.3 is 9.47 Å². The Morgan fingerprint density at radius 1 is 1.25 bits per heavy atom. The van der Waals surface area contributed by atoms with Crippen LogP contribution in [-0.4, -0.2) is 6.61 Å². The predicted molar refractivity (Wildman–Crippen MR) is 83.7 cm³/mol. The Morgan fingerprint density at radius 3 is 3.00 bits per heavy atom. The zero-order valence-electron chi connectivity index (χ0n) is 10.9. The Balaban J connectivity index is 1.78. The Kier molecular flexibility index (Phi) is 4.18. The summed E-state index contributed by atoms with van der Waals surface area (Å²) in [6.07, 6.45) is 0.962. The molecule has 0 aromatic heterocycles. The molecule has 0 unspecified atom stereocenters. The number of ether oxygens (including phenoxy) is 2. The second kappa shape index (κ2) is 6.06. The van der Waals surface area contributed by atoms with Crippen LogP contribution < -0.4 is 9.47 Å². The summed E-state index contributed by atoms with van der Waals surface area (Å²) in [6.45, 7) is 1.24. The molecule has 2 aromatic rings. The van der Waals surface area contributed by atoms with E-state index in [4.69, 9.17) is 21.1 Å². The maximum atomic E-state index is 5.86. The molecule has 0 amide bonds. The fourth-order valence-corrected chi connectivity index (χ4v) is 3.05. The maximum absolute atomic E-state index is 5.86. The van der Waals surface area contributed by atoms with Gasteiger partial charge in [0.25, 0.3) is 0 Å². The molecule has 0 saturated heterocycles. The first kappa shape index (κ1) is 13.8. The summed E-state index contributed by atoms with van der Waals surface area (Å²) in [4.78, 5) is 0. The molecule has 3 rings (SSSR count). The van der Waals surface area contributed by atoms with Gasteiger partial charge in [-0.05, 0) is 35.4 Å². The highest BCUT2D eigenvalue weighted by Crippen LogP contribution is 2.33. The van der Waals surface area contributed by atoms with Gasteiger partial charge in [0.2, 0.25) is 0 Å². The SMILES string of the molecule is ClCc1cccc(OCc2cc(Br)cc3c2OCC3)c1. The van der Waals surface area contributed by atoms with E-state index in [0.717, 1.165) is 40.1 Å². The predicted octanol–water partition coefficient (Wildman–Crippen LogP) is 4.70. The van der Waals surface area contributed by atoms with Crippen molar-refractivity contribution in [1.82, 2.24) is 0 Å². The van der Waals surface area contributed by atoms with Crippen molar-refractivity contribution in [2.24, 2.45) is 0 Å². The van der Waals surface area contributed by atoms with E-state index in [1.165, 1.54) is 5.56 Å². The summed E-state index contributed by atoms with van der Waals surface area (Å²) in [5.74, 6) is 2.30. The Hall–Kier alpha value is -1.19. The number of alkyl halides is 1. The summed E-state index contributed by atoms with van der Waals surface area (Å²) < 4.78 is 12.6. The molecule has 0 fully saturated rings. The molecule has 0 saturated carbocycles. The van der Waals surface area contributed by atoms with Crippen LogP contribution in [0.2, 0.25) is 0 Å². The molecule has 0 N–H and O–H groups in total. The van der Waals surface area contributed by atoms with Gasteiger partial charge in [0.15, 0.2) is 0 Å². The first-order valence-corrected chi connectivity index (χ1v) is 7.81. The van der Waals surface area contributed by atoms with Crippen LogP contribution in [0.5, 0.6) is 11.5 Å². The van der Waals surface area contributed by atoms with E-state index in [9.17, 15) is 0 Å². The van der Waals surface area contributed by atoms with Crippen molar-refractivity contribution in [2.75, 3.05) is 6.61 Å². The summed E-state index contributed by atoms with van der Waals surface area (Å²) in [5, 5.41) is 0. The maximum Gasteiger partial charge on any atom is 0.129 e. The summed E-state index contributed by atoms with van der Waals surface area (Å²) in [7, 11) is 0. The van der Waals surface area contributed by atoms with Gasteiger partial charge in [0.05, 0.1) is 6.61 Å². The van der Waals surface area contributed by atoms with Crippen LogP contribution in [0.1, 0.15) is 16.7 Å². The van der Waals surface area contributed by atoms with Crippen LogP contribution in [0.3, 0.4) is 0 Å². The average molecular weight is 354 g/mol. The molecule has 4 heteroatoms. The molecule has 2 nitrogen and oxygen atoms in total. The fourth-order valence-electron chi connectivity index (χ4n) is 2.33. The third-order valence-corrected chi connectivity index (χ3v) is 4.04. The van der Waals surface area contributed by atoms with Crippen molar-refractivity contribution in [3.63, 3.8) is 0 Å². The number of halogens is 2. The number of rotatable bonds is 4. The zero-order valence-corrected chi connectivity index (χ0v) is 13.2. The molecular formula is C16H14BrClO2. The molecule has 1 aliphatic rings. The van der Waals surface area contributed by atoms with Gasteiger partial charge in [0, 0.05) is 22.3 Å². The lowest BCUT2D eigenvalue weighted by Gasteiger charge is -2.11. The highest BCUT2D eigenvalue weighted by atomic mass is 79.9. The van der Waals surface area contributed by atoms with E-state index in [0.29, 0.717) is 12.5 Å². The number of hydrogen-bond donors (Lipinski definition) is 0. The third-order valence-electron chi connectivity index (χ3n) is 3.27. The van der Waals surface area contributed by atoms with Crippen LogP contribution in [0.25, 0.3) is 0 Å². The first-order chi connectivity index (χ1) is 9.76. The van der Waals surface area contributed by atoms with Gasteiger partial charge in [-0.3, -0.25) is 0 Å². The molecule has 0 aliphatic carbocycles. The zero-order chi connectivity index (χ0) is 13.9. The lowest BCUT2D eigenvalue weighted by molar-refractivity contribution is 0.291. The molecule has 0 spiro atoms. The topological polar surface area (TPSA) is 18.5 Å². The third kappa shape index (κ3) is 2.94. The minimum absolute atomic E-state index is 0.493. The summed E-state index contributed by atoms with van der Waals surface area (Å²) >= 11 is 9.37. The standard InChI is InChI=1S/C16H14BrClO2/c17-14-7-12-4-5-19-16(12)13(8-14)10-20-15-3-1-2-11(6-15)9-18/h1-3,6-8H,4-5,9-10H2. The second-order valence-corrected chi connectivity index (χ2v) is 5.90. The van der Waals surface area contributed by atoms with Gasteiger partial charge in [0.1, 0.15) is 18.1 Å². The summed E-state index contributed by atoms with van der Waals surface area (Å²) in [5.41, 5.74) is 3.37. The molecule has 0 radical (unpaired) electrons. The lowest BCUT2D eigenvalue weighted by atomic mass is 10.1. The van der Waals surface area contributed by atoms with Crippen LogP contribution in [-0.2, 0) is 18.9 Å². The van der Waals surface area contributed by atoms with Crippen LogP contribution in [0.15, 0.2) is 40.9 Å². The van der Waals surface area contributed by atoms with Crippen molar-refractivity contribution in [2.45, 2.75) is 18.9 Å². The second-order valence-electron chi connectivity index (χ2n) is 4.72. The molecule has 0 bridgehead atoms. The van der Waals surface area contributed by atoms with Crippen molar-refractivity contribution < 1.29 is 9.47 Å². The number of hydrogen-bond acceptors (Lipinski definition) is 2. The van der Waals surface area contributed by atoms with Crippen LogP contribution in [0, 0.1) is 0 Å². The summed E-state index contributed by atoms with van der Waals surface area (Å²) in [6, 6.07) is 12.0. The van der Waals surface area contributed by atoms with Crippen molar-refractivity contribution in [1.29, 1.82) is 0 Å². The first-order valence-electron chi connectivity index (χ1n) is 6.48. The highest BCUT2D eigenvalue weighted by molar-refractivity contribution is 9.10. The van der Waals surface area contributed by atoms with Crippen LogP contribution in [0.4, 0.5) is 0 Å². The van der Waals surface area contributed by atoms with Gasteiger partial charge >= 0.3 is 0 Å². The Labute approximate surface area is 131 Å². The minimum Gasteiger partial charge on any atom is -0.493 e. The molecule has 104 valence electrons. The van der Waals surface area contributed by atoms with E-state index in [1.54, 1.807) is 0 Å². The van der Waals surface area contributed by atoms with Crippen molar-refractivity contribution in [3.8, 4) is 11.5 Å². The minimum atomic E-state index is 0.493. The quantitative estimate of drug-likeness (QED) is 0.742. The normalized spacial score (nSPS) is 12.9.